The van der Waals surface area contributed by atoms with Crippen molar-refractivity contribution < 1.29 is 32.9 Å². The Hall–Kier alpha value is -1.28. The second kappa shape index (κ2) is 46.8. The van der Waals surface area contributed by atoms with E-state index in [0.29, 0.717) is 17.4 Å². The van der Waals surface area contributed by atoms with Gasteiger partial charge in [-0.3, -0.25) is 9.36 Å². The average Bonchev–Trinajstić information content (AvgIpc) is 3.25. The fourth-order valence-electron chi connectivity index (χ4n) is 7.99. The Morgan fingerprint density at radius 2 is 0.875 bits per heavy atom. The first-order valence-electron chi connectivity index (χ1n) is 27.4. The van der Waals surface area contributed by atoms with Crippen LogP contribution >= 0.6 is 7.82 Å². The smallest absolute Gasteiger partial charge is 0.268 e. The van der Waals surface area contributed by atoms with Gasteiger partial charge in [-0.1, -0.05) is 230 Å². The average molecular weight is 923 g/mol. The number of phosphoric acid groups is 1. The first kappa shape index (κ1) is 62.7. The first-order valence-corrected chi connectivity index (χ1v) is 28.8. The lowest BCUT2D eigenvalue weighted by molar-refractivity contribution is -0.870. The first-order chi connectivity index (χ1) is 31.0. The Labute approximate surface area is 397 Å². The summed E-state index contributed by atoms with van der Waals surface area (Å²) in [4.78, 5) is 25.4. The number of amides is 1. The lowest BCUT2D eigenvalue weighted by atomic mass is 10.0. The molecule has 0 bridgehead atoms. The predicted molar refractivity (Wildman–Crippen MR) is 275 cm³/mol. The van der Waals surface area contributed by atoms with Crippen molar-refractivity contribution in [1.29, 1.82) is 0 Å². The van der Waals surface area contributed by atoms with Gasteiger partial charge in [0, 0.05) is 6.42 Å². The third kappa shape index (κ3) is 48.6. The molecule has 0 aliphatic rings. The van der Waals surface area contributed by atoms with Gasteiger partial charge >= 0.3 is 0 Å². The van der Waals surface area contributed by atoms with E-state index in [2.05, 4.69) is 43.5 Å². The van der Waals surface area contributed by atoms with Crippen LogP contribution in [-0.4, -0.2) is 68.5 Å². The van der Waals surface area contributed by atoms with E-state index in [0.717, 1.165) is 38.5 Å². The zero-order valence-corrected chi connectivity index (χ0v) is 43.9. The maximum absolute atomic E-state index is 12.9. The van der Waals surface area contributed by atoms with Crippen molar-refractivity contribution in [2.45, 2.75) is 270 Å². The number of nitrogens with zero attached hydrogens (tertiary/aromatic N) is 1. The molecule has 0 aromatic carbocycles. The van der Waals surface area contributed by atoms with E-state index in [-0.39, 0.29) is 12.5 Å². The normalized spacial score (nSPS) is 14.3. The van der Waals surface area contributed by atoms with Crippen molar-refractivity contribution in [3.63, 3.8) is 0 Å². The highest BCUT2D eigenvalue weighted by atomic mass is 31.2. The van der Waals surface area contributed by atoms with Crippen LogP contribution in [0.5, 0.6) is 0 Å². The second-order valence-corrected chi connectivity index (χ2v) is 21.3. The summed E-state index contributed by atoms with van der Waals surface area (Å²) in [6.07, 6.45) is 59.3. The van der Waals surface area contributed by atoms with Crippen LogP contribution in [0.3, 0.4) is 0 Å². The van der Waals surface area contributed by atoms with E-state index in [1.165, 1.54) is 199 Å². The molecular formula is C55H107N2O6P. The van der Waals surface area contributed by atoms with Gasteiger partial charge in [-0.15, -0.1) is 0 Å². The summed E-state index contributed by atoms with van der Waals surface area (Å²) in [5, 5.41) is 13.8. The quantitative estimate of drug-likeness (QED) is 0.0272. The molecule has 0 aromatic heterocycles. The molecule has 9 heteroatoms. The number of carbonyl (C=O) groups is 1. The topological polar surface area (TPSA) is 108 Å². The number of rotatable bonds is 50. The summed E-state index contributed by atoms with van der Waals surface area (Å²) in [7, 11) is 1.25. The minimum absolute atomic E-state index is 0.00552. The number of carbonyl (C=O) groups excluding carboxylic acids is 1. The van der Waals surface area contributed by atoms with Crippen molar-refractivity contribution >= 4 is 13.7 Å². The highest BCUT2D eigenvalue weighted by molar-refractivity contribution is 7.45. The molecule has 1 amide bonds. The summed E-state index contributed by atoms with van der Waals surface area (Å²) < 4.78 is 23.3. The lowest BCUT2D eigenvalue weighted by Gasteiger charge is -2.29. The van der Waals surface area contributed by atoms with Gasteiger partial charge in [-0.25, -0.2) is 0 Å². The van der Waals surface area contributed by atoms with Gasteiger partial charge in [-0.05, 0) is 57.8 Å². The third-order valence-electron chi connectivity index (χ3n) is 12.3. The Morgan fingerprint density at radius 3 is 1.27 bits per heavy atom. The van der Waals surface area contributed by atoms with Gasteiger partial charge in [0.15, 0.2) is 0 Å². The molecule has 0 saturated heterocycles. The van der Waals surface area contributed by atoms with E-state index >= 15 is 0 Å². The Kier molecular flexibility index (Phi) is 45.9. The second-order valence-electron chi connectivity index (χ2n) is 19.9. The molecule has 3 atom stereocenters. The highest BCUT2D eigenvalue weighted by Gasteiger charge is 2.23. The van der Waals surface area contributed by atoms with Crippen molar-refractivity contribution in [3.05, 3.63) is 36.5 Å². The van der Waals surface area contributed by atoms with Crippen molar-refractivity contribution in [3.8, 4) is 0 Å². The van der Waals surface area contributed by atoms with Crippen LogP contribution in [0, 0.1) is 0 Å². The zero-order valence-electron chi connectivity index (χ0n) is 43.0. The van der Waals surface area contributed by atoms with E-state index in [1.807, 2.05) is 27.2 Å². The number of hydrogen-bond acceptors (Lipinski definition) is 6. The van der Waals surface area contributed by atoms with Crippen molar-refractivity contribution in [2.75, 3.05) is 40.9 Å². The SMILES string of the molecule is CCCCCCCCCC/C=C\CCCCCCCCCCCCCCCC(=O)NC(COP(=O)([O-])OCC[N+](C)(C)C)C(O)/C=C/CC/C=C/CCCCCCCCCCCCC. The van der Waals surface area contributed by atoms with E-state index in [9.17, 15) is 19.4 Å². The van der Waals surface area contributed by atoms with Crippen LogP contribution in [0.15, 0.2) is 36.5 Å². The molecular weight excluding hydrogens is 816 g/mol. The van der Waals surface area contributed by atoms with E-state index in [1.54, 1.807) is 6.08 Å². The Balaban J connectivity index is 4.24. The Bertz CT molecular complexity index is 1140. The number of allylic oxidation sites excluding steroid dienone is 5. The molecule has 0 radical (unpaired) electrons. The summed E-state index contributed by atoms with van der Waals surface area (Å²) >= 11 is 0. The maximum Gasteiger partial charge on any atom is 0.268 e. The molecule has 2 N–H and O–H groups in total. The zero-order chi connectivity index (χ0) is 47.1. The predicted octanol–water partition coefficient (Wildman–Crippen LogP) is 15.6. The summed E-state index contributed by atoms with van der Waals surface area (Å²) in [5.74, 6) is -0.205. The largest absolute Gasteiger partial charge is 0.756 e. The van der Waals surface area contributed by atoms with E-state index < -0.39 is 26.6 Å². The van der Waals surface area contributed by atoms with Crippen LogP contribution in [0.4, 0.5) is 0 Å². The standard InChI is InChI=1S/C55H107N2O6P/c1-6-8-10-12-14-16-18-20-22-24-25-26-27-28-29-30-31-33-35-37-39-41-43-45-47-49-55(59)56-53(52-63-64(60,61)62-51-50-57(3,4)5)54(58)48-46-44-42-40-38-36-34-32-23-21-19-17-15-13-11-9-7-2/h24-25,38,40,46,48,53-54,58H,6-23,26-37,39,41-45,47,49-52H2,1-5H3,(H-,56,59,60,61)/b25-24-,40-38+,48-46+. The molecule has 64 heavy (non-hydrogen) atoms. The molecule has 0 aromatic rings. The highest BCUT2D eigenvalue weighted by Crippen LogP contribution is 2.38. The maximum atomic E-state index is 12.9. The molecule has 378 valence electrons. The number of unbranched alkanes of at least 4 members (excludes halogenated alkanes) is 33. The van der Waals surface area contributed by atoms with Crippen LogP contribution in [0.1, 0.15) is 258 Å². The molecule has 0 spiro atoms. The minimum Gasteiger partial charge on any atom is -0.756 e. The van der Waals surface area contributed by atoms with Crippen LogP contribution < -0.4 is 10.2 Å². The van der Waals surface area contributed by atoms with Gasteiger partial charge in [0.1, 0.15) is 13.2 Å². The van der Waals surface area contributed by atoms with Gasteiger partial charge in [-0.2, -0.15) is 0 Å². The molecule has 0 fully saturated rings. The molecule has 0 aliphatic heterocycles. The summed E-state index contributed by atoms with van der Waals surface area (Å²) in [5.41, 5.74) is 0. The number of hydrogen-bond donors (Lipinski definition) is 2. The number of nitrogens with one attached hydrogen (secondary N) is 1. The molecule has 0 saturated carbocycles. The van der Waals surface area contributed by atoms with Crippen LogP contribution in [0.25, 0.3) is 0 Å². The molecule has 0 rings (SSSR count). The number of quaternary nitrogens is 1. The molecule has 3 unspecified atom stereocenters. The molecule has 8 nitrogen and oxygen atoms in total. The van der Waals surface area contributed by atoms with Crippen LogP contribution in [-0.2, 0) is 18.4 Å². The summed E-state index contributed by atoms with van der Waals surface area (Å²) in [6, 6.07) is -0.902. The fraction of sp³-hybridized carbons (Fsp3) is 0.873. The number of likely N-dealkylation sites (N-methyl/N-ethyl adjacent to an activating group) is 1. The minimum atomic E-state index is -4.60. The number of aliphatic hydroxyl groups excluding tert-OH is 1. The van der Waals surface area contributed by atoms with Gasteiger partial charge in [0.05, 0.1) is 39.9 Å². The van der Waals surface area contributed by atoms with Gasteiger partial charge in [0.25, 0.3) is 7.82 Å². The number of aliphatic hydroxyl groups is 1. The Morgan fingerprint density at radius 1 is 0.531 bits per heavy atom. The summed E-state index contributed by atoms with van der Waals surface area (Å²) in [6.45, 7) is 4.65. The molecule has 0 heterocycles. The molecule has 0 aliphatic carbocycles. The van der Waals surface area contributed by atoms with Crippen molar-refractivity contribution in [1.82, 2.24) is 5.32 Å². The van der Waals surface area contributed by atoms with Gasteiger partial charge in [0.2, 0.25) is 5.91 Å². The third-order valence-corrected chi connectivity index (χ3v) is 13.3. The van der Waals surface area contributed by atoms with Crippen molar-refractivity contribution in [2.24, 2.45) is 0 Å². The lowest BCUT2D eigenvalue weighted by Crippen LogP contribution is -2.45. The van der Waals surface area contributed by atoms with E-state index in [4.69, 9.17) is 9.05 Å². The fourth-order valence-corrected chi connectivity index (χ4v) is 8.71. The van der Waals surface area contributed by atoms with Crippen LogP contribution in [0.2, 0.25) is 0 Å². The van der Waals surface area contributed by atoms with Gasteiger partial charge < -0.3 is 28.8 Å². The number of phosphoric ester groups is 1. The monoisotopic (exact) mass is 923 g/mol.